The first-order valence-electron chi connectivity index (χ1n) is 5.43. The van der Waals surface area contributed by atoms with Crippen molar-refractivity contribution < 1.29 is 14.3 Å². The average molecular weight is 260 g/mol. The Bertz CT molecular complexity index is 398. The normalized spacial score (nSPS) is 12.4. The maximum absolute atomic E-state index is 13.3. The lowest BCUT2D eigenvalue weighted by Gasteiger charge is -2.06. The van der Waals surface area contributed by atoms with Crippen molar-refractivity contribution in [1.82, 2.24) is 0 Å². The summed E-state index contributed by atoms with van der Waals surface area (Å²) in [4.78, 5) is 10.5. The second-order valence-electron chi connectivity index (χ2n) is 3.93. The molecule has 5 heteroatoms. The van der Waals surface area contributed by atoms with E-state index in [0.717, 1.165) is 0 Å². The molecule has 1 rings (SSSR count). The molecular formula is C12H15ClFNO2. The number of aliphatic carboxylic acids is 1. The van der Waals surface area contributed by atoms with Crippen molar-refractivity contribution in [1.29, 1.82) is 0 Å². The minimum Gasteiger partial charge on any atom is -0.480 e. The molecule has 0 amide bonds. The first kappa shape index (κ1) is 13.9. The van der Waals surface area contributed by atoms with Crippen molar-refractivity contribution >= 4 is 17.6 Å². The third kappa shape index (κ3) is 4.71. The van der Waals surface area contributed by atoms with E-state index in [1.54, 1.807) is 6.07 Å². The summed E-state index contributed by atoms with van der Waals surface area (Å²) in [6, 6.07) is 3.59. The molecule has 0 aliphatic carbocycles. The largest absolute Gasteiger partial charge is 0.480 e. The molecule has 1 unspecified atom stereocenters. The van der Waals surface area contributed by atoms with Gasteiger partial charge in [-0.25, -0.2) is 4.39 Å². The second-order valence-corrected chi connectivity index (χ2v) is 4.36. The molecule has 0 aliphatic heterocycles. The number of unbranched alkanes of at least 4 members (excludes halogenated alkanes) is 1. The number of nitrogens with two attached hydrogens (primary N) is 1. The van der Waals surface area contributed by atoms with Crippen molar-refractivity contribution in [3.8, 4) is 0 Å². The Morgan fingerprint density at radius 3 is 2.82 bits per heavy atom. The zero-order valence-corrected chi connectivity index (χ0v) is 10.1. The van der Waals surface area contributed by atoms with Gasteiger partial charge in [-0.2, -0.15) is 0 Å². The van der Waals surface area contributed by atoms with Gasteiger partial charge in [-0.05, 0) is 43.0 Å². The first-order chi connectivity index (χ1) is 8.00. The van der Waals surface area contributed by atoms with Crippen LogP contribution in [0.3, 0.4) is 0 Å². The van der Waals surface area contributed by atoms with Crippen LogP contribution in [-0.4, -0.2) is 17.1 Å². The number of carboxylic acids is 1. The van der Waals surface area contributed by atoms with Crippen LogP contribution < -0.4 is 5.73 Å². The Balaban J connectivity index is 2.36. The van der Waals surface area contributed by atoms with Gasteiger partial charge in [-0.1, -0.05) is 18.0 Å². The van der Waals surface area contributed by atoms with E-state index in [1.165, 1.54) is 12.1 Å². The van der Waals surface area contributed by atoms with Crippen LogP contribution in [0, 0.1) is 5.82 Å². The maximum Gasteiger partial charge on any atom is 0.320 e. The van der Waals surface area contributed by atoms with Gasteiger partial charge in [0, 0.05) is 5.02 Å². The molecule has 0 aromatic heterocycles. The molecule has 0 aliphatic rings. The van der Waals surface area contributed by atoms with Crippen LogP contribution in [0.4, 0.5) is 4.39 Å². The molecule has 3 nitrogen and oxygen atoms in total. The minimum absolute atomic E-state index is 0.281. The topological polar surface area (TPSA) is 63.3 Å². The highest BCUT2D eigenvalue weighted by Gasteiger charge is 2.10. The molecule has 0 heterocycles. The van der Waals surface area contributed by atoms with Crippen molar-refractivity contribution in [2.45, 2.75) is 31.7 Å². The van der Waals surface area contributed by atoms with Gasteiger partial charge >= 0.3 is 5.97 Å². The zero-order valence-electron chi connectivity index (χ0n) is 9.33. The number of benzene rings is 1. The van der Waals surface area contributed by atoms with E-state index in [1.807, 2.05) is 0 Å². The lowest BCUT2D eigenvalue weighted by Crippen LogP contribution is -2.29. The lowest BCUT2D eigenvalue weighted by atomic mass is 10.0. The first-order valence-corrected chi connectivity index (χ1v) is 5.81. The highest BCUT2D eigenvalue weighted by molar-refractivity contribution is 6.30. The van der Waals surface area contributed by atoms with Crippen LogP contribution >= 0.6 is 11.6 Å². The summed E-state index contributed by atoms with van der Waals surface area (Å²) in [6.07, 6.45) is 2.29. The molecule has 3 N–H and O–H groups in total. The highest BCUT2D eigenvalue weighted by Crippen LogP contribution is 2.17. The van der Waals surface area contributed by atoms with E-state index in [0.29, 0.717) is 36.3 Å². The van der Waals surface area contributed by atoms with Crippen LogP contribution in [-0.2, 0) is 11.2 Å². The van der Waals surface area contributed by atoms with Crippen LogP contribution in [0.5, 0.6) is 0 Å². The number of aryl methyl sites for hydroxylation is 1. The molecule has 1 aromatic carbocycles. The highest BCUT2D eigenvalue weighted by atomic mass is 35.5. The predicted octanol–water partition coefficient (Wildman–Crippen LogP) is 2.60. The maximum atomic E-state index is 13.3. The fourth-order valence-electron chi connectivity index (χ4n) is 1.54. The summed E-state index contributed by atoms with van der Waals surface area (Å²) in [5.74, 6) is -1.28. The summed E-state index contributed by atoms with van der Waals surface area (Å²) < 4.78 is 13.3. The van der Waals surface area contributed by atoms with Crippen LogP contribution in [0.2, 0.25) is 5.02 Å². The SMILES string of the molecule is NC(CCCCc1cc(Cl)ccc1F)C(=O)O. The van der Waals surface area contributed by atoms with Crippen molar-refractivity contribution in [2.24, 2.45) is 5.73 Å². The summed E-state index contributed by atoms with van der Waals surface area (Å²) in [7, 11) is 0. The molecule has 0 saturated heterocycles. The molecule has 0 spiro atoms. The molecule has 17 heavy (non-hydrogen) atoms. The van der Waals surface area contributed by atoms with Crippen LogP contribution in [0.15, 0.2) is 18.2 Å². The van der Waals surface area contributed by atoms with E-state index in [4.69, 9.17) is 22.4 Å². The number of hydrogen-bond donors (Lipinski definition) is 2. The standard InChI is InChI=1S/C12H15ClFNO2/c13-9-5-6-10(14)8(7-9)3-1-2-4-11(15)12(16)17/h5-7,11H,1-4,15H2,(H,16,17). The van der Waals surface area contributed by atoms with Gasteiger partial charge < -0.3 is 10.8 Å². The number of hydrogen-bond acceptors (Lipinski definition) is 2. The average Bonchev–Trinajstić information content (AvgIpc) is 2.28. The Morgan fingerprint density at radius 1 is 1.47 bits per heavy atom. The molecule has 1 aromatic rings. The molecule has 0 radical (unpaired) electrons. The van der Waals surface area contributed by atoms with E-state index in [2.05, 4.69) is 0 Å². The fourth-order valence-corrected chi connectivity index (χ4v) is 1.73. The smallest absolute Gasteiger partial charge is 0.320 e. The fraction of sp³-hybridized carbons (Fsp3) is 0.417. The molecule has 1 atom stereocenters. The lowest BCUT2D eigenvalue weighted by molar-refractivity contribution is -0.138. The molecule has 0 bridgehead atoms. The summed E-state index contributed by atoms with van der Waals surface area (Å²) in [5.41, 5.74) is 5.91. The molecule has 0 fully saturated rings. The van der Waals surface area contributed by atoms with Gasteiger partial charge in [0.05, 0.1) is 0 Å². The van der Waals surface area contributed by atoms with Gasteiger partial charge in [-0.15, -0.1) is 0 Å². The molecule has 94 valence electrons. The van der Waals surface area contributed by atoms with Gasteiger partial charge in [0.25, 0.3) is 0 Å². The number of carbonyl (C=O) groups is 1. The van der Waals surface area contributed by atoms with Gasteiger partial charge in [-0.3, -0.25) is 4.79 Å². The summed E-state index contributed by atoms with van der Waals surface area (Å²) >= 11 is 5.76. The molecular weight excluding hydrogens is 245 g/mol. The Morgan fingerprint density at radius 2 is 2.18 bits per heavy atom. The summed E-state index contributed by atoms with van der Waals surface area (Å²) in [6.45, 7) is 0. The van der Waals surface area contributed by atoms with Crippen LogP contribution in [0.25, 0.3) is 0 Å². The number of carboxylic acid groups (broad SMARTS) is 1. The second kappa shape index (κ2) is 6.57. The third-order valence-corrected chi connectivity index (χ3v) is 2.77. The van der Waals surface area contributed by atoms with Crippen molar-refractivity contribution in [3.05, 3.63) is 34.6 Å². The van der Waals surface area contributed by atoms with Crippen LogP contribution in [0.1, 0.15) is 24.8 Å². The van der Waals surface area contributed by atoms with Gasteiger partial charge in [0.15, 0.2) is 0 Å². The number of halogens is 2. The van der Waals surface area contributed by atoms with E-state index in [-0.39, 0.29) is 5.82 Å². The van der Waals surface area contributed by atoms with E-state index < -0.39 is 12.0 Å². The minimum atomic E-state index is -1.00. The summed E-state index contributed by atoms with van der Waals surface area (Å²) in [5, 5.41) is 9.08. The monoisotopic (exact) mass is 259 g/mol. The Kier molecular flexibility index (Phi) is 5.38. The third-order valence-electron chi connectivity index (χ3n) is 2.54. The predicted molar refractivity (Wildman–Crippen MR) is 64.6 cm³/mol. The zero-order chi connectivity index (χ0) is 12.8. The number of rotatable bonds is 6. The Labute approximate surface area is 104 Å². The van der Waals surface area contributed by atoms with Crippen molar-refractivity contribution in [3.63, 3.8) is 0 Å². The van der Waals surface area contributed by atoms with Gasteiger partial charge in [0.1, 0.15) is 11.9 Å². The quantitative estimate of drug-likeness (QED) is 0.772. The molecule has 0 saturated carbocycles. The van der Waals surface area contributed by atoms with E-state index in [9.17, 15) is 9.18 Å². The Hall–Kier alpha value is -1.13. The van der Waals surface area contributed by atoms with Crippen molar-refractivity contribution in [2.75, 3.05) is 0 Å². The van der Waals surface area contributed by atoms with Gasteiger partial charge in [0.2, 0.25) is 0 Å². The van der Waals surface area contributed by atoms with E-state index >= 15 is 0 Å².